The van der Waals surface area contributed by atoms with Crippen LogP contribution in [0.3, 0.4) is 0 Å². The van der Waals surface area contributed by atoms with Gasteiger partial charge in [0.1, 0.15) is 5.75 Å². The van der Waals surface area contributed by atoms with Crippen molar-refractivity contribution in [2.75, 3.05) is 26.3 Å². The predicted octanol–water partition coefficient (Wildman–Crippen LogP) is 1.54. The summed E-state index contributed by atoms with van der Waals surface area (Å²) >= 11 is 0. The number of carbonyl (C=O) groups is 2. The highest BCUT2D eigenvalue weighted by atomic mass is 16.6. The van der Waals surface area contributed by atoms with E-state index < -0.39 is 5.97 Å². The molecule has 1 aliphatic heterocycles. The van der Waals surface area contributed by atoms with Crippen molar-refractivity contribution in [1.29, 1.82) is 0 Å². The summed E-state index contributed by atoms with van der Waals surface area (Å²) < 4.78 is 10.2. The highest BCUT2D eigenvalue weighted by Gasteiger charge is 2.19. The van der Waals surface area contributed by atoms with Gasteiger partial charge in [0.25, 0.3) is 5.91 Å². The average molecular weight is 277 g/mol. The van der Waals surface area contributed by atoms with E-state index in [0.717, 1.165) is 31.5 Å². The van der Waals surface area contributed by atoms with Gasteiger partial charge in [-0.2, -0.15) is 0 Å². The van der Waals surface area contributed by atoms with Crippen LogP contribution in [0.5, 0.6) is 5.75 Å². The molecule has 1 fully saturated rings. The topological polar surface area (TPSA) is 55.8 Å². The lowest BCUT2D eigenvalue weighted by Crippen LogP contribution is -2.32. The second-order valence-corrected chi connectivity index (χ2v) is 4.85. The third-order valence-corrected chi connectivity index (χ3v) is 3.16. The Kier molecular flexibility index (Phi) is 4.98. The fourth-order valence-corrected chi connectivity index (χ4v) is 2.09. The van der Waals surface area contributed by atoms with E-state index in [-0.39, 0.29) is 19.1 Å². The maximum Gasteiger partial charge on any atom is 0.344 e. The molecule has 1 aromatic rings. The van der Waals surface area contributed by atoms with Crippen molar-refractivity contribution in [3.05, 3.63) is 29.8 Å². The van der Waals surface area contributed by atoms with Gasteiger partial charge in [-0.1, -0.05) is 12.1 Å². The molecule has 5 nitrogen and oxygen atoms in total. The lowest BCUT2D eigenvalue weighted by atomic mass is 10.2. The minimum atomic E-state index is -0.529. The van der Waals surface area contributed by atoms with E-state index >= 15 is 0 Å². The quantitative estimate of drug-likeness (QED) is 0.766. The molecule has 0 N–H and O–H groups in total. The Hall–Kier alpha value is -2.04. The van der Waals surface area contributed by atoms with Crippen LogP contribution in [0.15, 0.2) is 24.3 Å². The van der Waals surface area contributed by atoms with Crippen molar-refractivity contribution in [3.63, 3.8) is 0 Å². The van der Waals surface area contributed by atoms with Crippen LogP contribution in [0.25, 0.3) is 0 Å². The lowest BCUT2D eigenvalue weighted by Gasteiger charge is -2.15. The lowest BCUT2D eigenvalue weighted by molar-refractivity contribution is -0.153. The molecule has 0 radical (unpaired) electrons. The van der Waals surface area contributed by atoms with Gasteiger partial charge in [0.05, 0.1) is 0 Å². The summed E-state index contributed by atoms with van der Waals surface area (Å²) in [7, 11) is 0. The third-order valence-electron chi connectivity index (χ3n) is 3.16. The van der Waals surface area contributed by atoms with Crippen molar-refractivity contribution < 1.29 is 19.1 Å². The first-order chi connectivity index (χ1) is 9.65. The number of amides is 1. The number of rotatable bonds is 5. The largest absolute Gasteiger partial charge is 0.482 e. The maximum atomic E-state index is 11.7. The molecule has 1 amide bonds. The molecule has 20 heavy (non-hydrogen) atoms. The molecule has 0 atom stereocenters. The fraction of sp³-hybridized carbons (Fsp3) is 0.467. The van der Waals surface area contributed by atoms with E-state index in [0.29, 0.717) is 5.75 Å². The van der Waals surface area contributed by atoms with Gasteiger partial charge < -0.3 is 14.4 Å². The van der Waals surface area contributed by atoms with E-state index in [1.807, 2.05) is 25.1 Å². The molecule has 1 aliphatic rings. The Labute approximate surface area is 118 Å². The van der Waals surface area contributed by atoms with Crippen LogP contribution in [-0.4, -0.2) is 43.1 Å². The van der Waals surface area contributed by atoms with Crippen molar-refractivity contribution in [3.8, 4) is 5.75 Å². The van der Waals surface area contributed by atoms with Gasteiger partial charge >= 0.3 is 5.97 Å². The minimum Gasteiger partial charge on any atom is -0.482 e. The molecule has 0 aliphatic carbocycles. The summed E-state index contributed by atoms with van der Waals surface area (Å²) in [6, 6.07) is 7.41. The summed E-state index contributed by atoms with van der Waals surface area (Å²) in [5.74, 6) is -0.0433. The number of nitrogens with zero attached hydrogens (tertiary/aromatic N) is 1. The molecule has 5 heteroatoms. The summed E-state index contributed by atoms with van der Waals surface area (Å²) in [4.78, 5) is 24.9. The highest BCUT2D eigenvalue weighted by molar-refractivity contribution is 5.81. The molecule has 0 spiro atoms. The van der Waals surface area contributed by atoms with Crippen LogP contribution in [0.4, 0.5) is 0 Å². The molecule has 1 saturated heterocycles. The zero-order chi connectivity index (χ0) is 14.4. The first-order valence-electron chi connectivity index (χ1n) is 6.78. The summed E-state index contributed by atoms with van der Waals surface area (Å²) in [5.41, 5.74) is 1.06. The monoisotopic (exact) mass is 277 g/mol. The molecule has 0 aromatic heterocycles. The molecule has 0 saturated carbocycles. The Bertz CT molecular complexity index is 481. The van der Waals surface area contributed by atoms with E-state index in [4.69, 9.17) is 9.47 Å². The normalized spacial score (nSPS) is 14.2. The van der Waals surface area contributed by atoms with E-state index in [2.05, 4.69) is 0 Å². The number of esters is 1. The standard InChI is InChI=1S/C15H19NO4/c1-12-5-4-6-13(9-12)19-11-15(18)20-10-14(17)16-7-2-3-8-16/h4-6,9H,2-3,7-8,10-11H2,1H3. The molecule has 108 valence electrons. The number of carbonyl (C=O) groups excluding carboxylic acids is 2. The van der Waals surface area contributed by atoms with Crippen LogP contribution in [0.2, 0.25) is 0 Å². The number of likely N-dealkylation sites (tertiary alicyclic amines) is 1. The molecular formula is C15H19NO4. The Morgan fingerprint density at radius 1 is 1.20 bits per heavy atom. The summed E-state index contributed by atoms with van der Waals surface area (Å²) in [5, 5.41) is 0. The van der Waals surface area contributed by atoms with Gasteiger partial charge in [-0.05, 0) is 37.5 Å². The molecule has 2 rings (SSSR count). The van der Waals surface area contributed by atoms with Crippen LogP contribution >= 0.6 is 0 Å². The number of hydrogen-bond donors (Lipinski definition) is 0. The van der Waals surface area contributed by atoms with Gasteiger partial charge in [-0.15, -0.1) is 0 Å². The zero-order valence-corrected chi connectivity index (χ0v) is 11.6. The summed E-state index contributed by atoms with van der Waals surface area (Å²) in [6.07, 6.45) is 2.05. The van der Waals surface area contributed by atoms with Crippen molar-refractivity contribution in [1.82, 2.24) is 4.90 Å². The van der Waals surface area contributed by atoms with E-state index in [9.17, 15) is 9.59 Å². The molecule has 0 unspecified atom stereocenters. The number of hydrogen-bond acceptors (Lipinski definition) is 4. The fourth-order valence-electron chi connectivity index (χ4n) is 2.09. The zero-order valence-electron chi connectivity index (χ0n) is 11.6. The smallest absolute Gasteiger partial charge is 0.344 e. The van der Waals surface area contributed by atoms with Gasteiger partial charge in [0.2, 0.25) is 0 Å². The van der Waals surface area contributed by atoms with Gasteiger partial charge in [0, 0.05) is 13.1 Å². The molecular weight excluding hydrogens is 258 g/mol. The second kappa shape index (κ2) is 6.93. The molecule has 0 bridgehead atoms. The third kappa shape index (κ3) is 4.26. The average Bonchev–Trinajstić information content (AvgIpc) is 2.97. The van der Waals surface area contributed by atoms with Crippen LogP contribution < -0.4 is 4.74 Å². The number of aryl methyl sites for hydroxylation is 1. The Morgan fingerprint density at radius 2 is 1.95 bits per heavy atom. The van der Waals surface area contributed by atoms with Crippen LogP contribution in [0.1, 0.15) is 18.4 Å². The summed E-state index contributed by atoms with van der Waals surface area (Å²) in [6.45, 7) is 3.08. The Balaban J connectivity index is 1.69. The predicted molar refractivity (Wildman–Crippen MR) is 73.4 cm³/mol. The Morgan fingerprint density at radius 3 is 2.65 bits per heavy atom. The first-order valence-corrected chi connectivity index (χ1v) is 6.78. The minimum absolute atomic E-state index is 0.133. The van der Waals surface area contributed by atoms with E-state index in [1.54, 1.807) is 11.0 Å². The van der Waals surface area contributed by atoms with Crippen molar-refractivity contribution >= 4 is 11.9 Å². The van der Waals surface area contributed by atoms with Crippen molar-refractivity contribution in [2.45, 2.75) is 19.8 Å². The van der Waals surface area contributed by atoms with Gasteiger partial charge in [-0.3, -0.25) is 4.79 Å². The molecule has 1 aromatic carbocycles. The second-order valence-electron chi connectivity index (χ2n) is 4.85. The van der Waals surface area contributed by atoms with Crippen molar-refractivity contribution in [2.24, 2.45) is 0 Å². The van der Waals surface area contributed by atoms with Gasteiger partial charge in [0.15, 0.2) is 13.2 Å². The van der Waals surface area contributed by atoms with Crippen LogP contribution in [0, 0.1) is 6.92 Å². The maximum absolute atomic E-state index is 11.7. The van der Waals surface area contributed by atoms with E-state index in [1.165, 1.54) is 0 Å². The molecule has 1 heterocycles. The SMILES string of the molecule is Cc1cccc(OCC(=O)OCC(=O)N2CCCC2)c1. The number of ether oxygens (including phenoxy) is 2. The first kappa shape index (κ1) is 14.4. The van der Waals surface area contributed by atoms with Gasteiger partial charge in [-0.25, -0.2) is 4.79 Å². The highest BCUT2D eigenvalue weighted by Crippen LogP contribution is 2.12. The number of benzene rings is 1. The van der Waals surface area contributed by atoms with Crippen LogP contribution in [-0.2, 0) is 14.3 Å².